The average molecular weight is 287 g/mol. The van der Waals surface area contributed by atoms with Gasteiger partial charge < -0.3 is 10.2 Å². The van der Waals surface area contributed by atoms with Crippen LogP contribution in [0.25, 0.3) is 0 Å². The number of rotatable bonds is 3. The minimum atomic E-state index is -4.71. The van der Waals surface area contributed by atoms with Gasteiger partial charge in [-0.15, -0.1) is 0 Å². The van der Waals surface area contributed by atoms with E-state index in [9.17, 15) is 17.6 Å². The highest BCUT2D eigenvalue weighted by atomic mass is 19.4. The van der Waals surface area contributed by atoms with Gasteiger partial charge >= 0.3 is 6.18 Å². The highest BCUT2D eigenvalue weighted by molar-refractivity contribution is 5.35. The number of hydrogen-bond acceptors (Lipinski definition) is 2. The molecule has 0 saturated carbocycles. The summed E-state index contributed by atoms with van der Waals surface area (Å²) in [6, 6.07) is 3.62. The van der Waals surface area contributed by atoms with Crippen molar-refractivity contribution in [3.8, 4) is 0 Å². The molecule has 108 valence electrons. The van der Waals surface area contributed by atoms with Gasteiger partial charge in [0, 0.05) is 12.0 Å². The Labute approximate surface area is 113 Å². The van der Waals surface area contributed by atoms with Crippen LogP contribution in [0, 0.1) is 5.82 Å². The van der Waals surface area contributed by atoms with Crippen LogP contribution < -0.4 is 5.73 Å². The normalized spacial score (nSPS) is 13.5. The Bertz CT molecular complexity index is 603. The minimum Gasteiger partial charge on any atom is -0.469 e. The van der Waals surface area contributed by atoms with E-state index in [-0.39, 0.29) is 5.56 Å². The second-order valence-corrected chi connectivity index (χ2v) is 4.37. The molecule has 2 nitrogen and oxygen atoms in total. The second-order valence-electron chi connectivity index (χ2n) is 4.37. The first-order chi connectivity index (χ1) is 9.34. The lowest BCUT2D eigenvalue weighted by molar-refractivity contribution is -0.140. The molecule has 6 heteroatoms. The van der Waals surface area contributed by atoms with E-state index in [4.69, 9.17) is 10.2 Å². The summed E-state index contributed by atoms with van der Waals surface area (Å²) in [4.78, 5) is 0. The van der Waals surface area contributed by atoms with E-state index >= 15 is 0 Å². The number of nitrogens with two attached hydrogens (primary N) is 1. The largest absolute Gasteiger partial charge is 0.469 e. The molecule has 0 radical (unpaired) electrons. The molecule has 2 aromatic rings. The van der Waals surface area contributed by atoms with Crippen molar-refractivity contribution in [2.24, 2.45) is 5.73 Å². The van der Waals surface area contributed by atoms with Crippen LogP contribution >= 0.6 is 0 Å². The van der Waals surface area contributed by atoms with Gasteiger partial charge in [-0.3, -0.25) is 0 Å². The molecule has 1 heterocycles. The molecule has 1 aromatic heterocycles. The molecule has 2 N–H and O–H groups in total. The van der Waals surface area contributed by atoms with Crippen LogP contribution in [0.1, 0.15) is 35.4 Å². The molecule has 1 unspecified atom stereocenters. The van der Waals surface area contributed by atoms with Gasteiger partial charge in [0.05, 0.1) is 17.9 Å². The summed E-state index contributed by atoms with van der Waals surface area (Å²) < 4.78 is 56.2. The molecule has 0 fully saturated rings. The molecular formula is C14H13F4NO. The van der Waals surface area contributed by atoms with Crippen LogP contribution in [0.2, 0.25) is 0 Å². The predicted octanol–water partition coefficient (Wildman–Crippen LogP) is 4.05. The molecule has 0 bridgehead atoms. The zero-order chi connectivity index (χ0) is 14.9. The Kier molecular flexibility index (Phi) is 3.85. The predicted molar refractivity (Wildman–Crippen MR) is 65.5 cm³/mol. The Morgan fingerprint density at radius 1 is 1.25 bits per heavy atom. The highest BCUT2D eigenvalue weighted by Gasteiger charge is 2.34. The molecule has 0 spiro atoms. The van der Waals surface area contributed by atoms with Crippen LogP contribution in [0.4, 0.5) is 17.6 Å². The fourth-order valence-electron chi connectivity index (χ4n) is 2.05. The van der Waals surface area contributed by atoms with Crippen molar-refractivity contribution in [3.63, 3.8) is 0 Å². The maximum atomic E-state index is 13.5. The quantitative estimate of drug-likeness (QED) is 0.865. The van der Waals surface area contributed by atoms with Gasteiger partial charge in [-0.2, -0.15) is 13.2 Å². The van der Waals surface area contributed by atoms with Crippen LogP contribution in [0.3, 0.4) is 0 Å². The second kappa shape index (κ2) is 5.28. The SMILES string of the molecule is CCc1occc1C(N)c1ccc(C(F)(F)F)c(F)c1. The monoisotopic (exact) mass is 287 g/mol. The topological polar surface area (TPSA) is 39.2 Å². The lowest BCUT2D eigenvalue weighted by atomic mass is 9.98. The van der Waals surface area contributed by atoms with Crippen LogP contribution in [-0.2, 0) is 12.6 Å². The van der Waals surface area contributed by atoms with Gasteiger partial charge in [-0.25, -0.2) is 4.39 Å². The first-order valence-electron chi connectivity index (χ1n) is 6.03. The van der Waals surface area contributed by atoms with Crippen molar-refractivity contribution in [3.05, 3.63) is 58.8 Å². The average Bonchev–Trinajstić information content (AvgIpc) is 2.84. The summed E-state index contributed by atoms with van der Waals surface area (Å²) in [7, 11) is 0. The molecule has 1 aromatic carbocycles. The molecule has 1 atom stereocenters. The van der Waals surface area contributed by atoms with Crippen molar-refractivity contribution in [2.45, 2.75) is 25.6 Å². The Morgan fingerprint density at radius 2 is 1.95 bits per heavy atom. The summed E-state index contributed by atoms with van der Waals surface area (Å²) in [5, 5.41) is 0. The van der Waals surface area contributed by atoms with E-state index in [0.29, 0.717) is 23.8 Å². The minimum absolute atomic E-state index is 0.270. The molecule has 0 saturated heterocycles. The third kappa shape index (κ3) is 2.70. The van der Waals surface area contributed by atoms with Crippen LogP contribution in [0.15, 0.2) is 34.9 Å². The third-order valence-corrected chi connectivity index (χ3v) is 3.09. The fraction of sp³-hybridized carbons (Fsp3) is 0.286. The molecule has 0 aliphatic heterocycles. The Balaban J connectivity index is 2.37. The molecule has 0 aliphatic carbocycles. The van der Waals surface area contributed by atoms with Crippen LogP contribution in [0.5, 0.6) is 0 Å². The zero-order valence-corrected chi connectivity index (χ0v) is 10.7. The van der Waals surface area contributed by atoms with E-state index in [1.807, 2.05) is 6.92 Å². The van der Waals surface area contributed by atoms with Gasteiger partial charge in [0.15, 0.2) is 0 Å². The lowest BCUT2D eigenvalue weighted by Gasteiger charge is -2.14. The summed E-state index contributed by atoms with van der Waals surface area (Å²) in [6.45, 7) is 1.86. The summed E-state index contributed by atoms with van der Waals surface area (Å²) >= 11 is 0. The van der Waals surface area contributed by atoms with E-state index in [2.05, 4.69) is 0 Å². The van der Waals surface area contributed by atoms with Gasteiger partial charge in [-0.05, 0) is 23.8 Å². The first-order valence-corrected chi connectivity index (χ1v) is 6.03. The van der Waals surface area contributed by atoms with E-state index < -0.39 is 23.6 Å². The maximum absolute atomic E-state index is 13.5. The Morgan fingerprint density at radius 3 is 2.50 bits per heavy atom. The van der Waals surface area contributed by atoms with Gasteiger partial charge in [0.1, 0.15) is 11.6 Å². The van der Waals surface area contributed by atoms with Gasteiger partial charge in [0.25, 0.3) is 0 Å². The van der Waals surface area contributed by atoms with Crippen molar-refractivity contribution in [2.75, 3.05) is 0 Å². The maximum Gasteiger partial charge on any atom is 0.419 e. The molecular weight excluding hydrogens is 274 g/mol. The molecule has 0 aliphatic rings. The van der Waals surface area contributed by atoms with Gasteiger partial charge in [-0.1, -0.05) is 13.0 Å². The number of hydrogen-bond donors (Lipinski definition) is 1. The van der Waals surface area contributed by atoms with Crippen molar-refractivity contribution < 1.29 is 22.0 Å². The summed E-state index contributed by atoms with van der Waals surface area (Å²) in [5.74, 6) is -0.690. The molecule has 0 amide bonds. The Hall–Kier alpha value is -1.82. The standard InChI is InChI=1S/C14H13F4NO/c1-2-12-9(5-6-20-12)13(19)8-3-4-10(11(15)7-8)14(16,17)18/h3-7,13H,2,19H2,1H3. The van der Waals surface area contributed by atoms with Crippen LogP contribution in [-0.4, -0.2) is 0 Å². The molecule has 2 rings (SSSR count). The van der Waals surface area contributed by atoms with E-state index in [1.54, 1.807) is 6.07 Å². The van der Waals surface area contributed by atoms with E-state index in [0.717, 1.165) is 6.07 Å². The van der Waals surface area contributed by atoms with Crippen molar-refractivity contribution in [1.82, 2.24) is 0 Å². The van der Waals surface area contributed by atoms with Crippen molar-refractivity contribution in [1.29, 1.82) is 0 Å². The first kappa shape index (κ1) is 14.6. The number of benzene rings is 1. The number of alkyl halides is 3. The number of furan rings is 1. The summed E-state index contributed by atoms with van der Waals surface area (Å²) in [5.41, 5.74) is 5.58. The van der Waals surface area contributed by atoms with Crippen molar-refractivity contribution >= 4 is 0 Å². The smallest absolute Gasteiger partial charge is 0.419 e. The molecule has 20 heavy (non-hydrogen) atoms. The number of aryl methyl sites for hydroxylation is 1. The zero-order valence-electron chi connectivity index (χ0n) is 10.7. The van der Waals surface area contributed by atoms with E-state index in [1.165, 1.54) is 12.3 Å². The van der Waals surface area contributed by atoms with Gasteiger partial charge in [0.2, 0.25) is 0 Å². The summed E-state index contributed by atoms with van der Waals surface area (Å²) in [6.07, 6.45) is -2.66. The third-order valence-electron chi connectivity index (χ3n) is 3.09. The number of halogens is 4. The fourth-order valence-corrected chi connectivity index (χ4v) is 2.05. The highest BCUT2D eigenvalue weighted by Crippen LogP contribution is 2.33. The lowest BCUT2D eigenvalue weighted by Crippen LogP contribution is -2.15.